The number of benzene rings is 2. The van der Waals surface area contributed by atoms with Gasteiger partial charge in [0.2, 0.25) is 0 Å². The summed E-state index contributed by atoms with van der Waals surface area (Å²) in [6.45, 7) is 0.566. The molecule has 0 fully saturated rings. The Morgan fingerprint density at radius 3 is 2.61 bits per heavy atom. The molecule has 0 bridgehead atoms. The zero-order valence-corrected chi connectivity index (χ0v) is 12.8. The molecule has 116 valence electrons. The minimum atomic E-state index is -0.469. The van der Waals surface area contributed by atoms with Crippen molar-refractivity contribution in [3.63, 3.8) is 0 Å². The van der Waals surface area contributed by atoms with E-state index >= 15 is 0 Å². The van der Waals surface area contributed by atoms with Crippen LogP contribution < -0.4 is 5.32 Å². The number of halogens is 1. The van der Waals surface area contributed by atoms with Crippen LogP contribution in [0.25, 0.3) is 5.69 Å². The van der Waals surface area contributed by atoms with Gasteiger partial charge in [-0.15, -0.1) is 0 Å². The van der Waals surface area contributed by atoms with Crippen molar-refractivity contribution in [3.8, 4) is 5.69 Å². The molecule has 0 amide bonds. The average molecular weight is 329 g/mol. The Morgan fingerprint density at radius 2 is 2.00 bits per heavy atom. The Balaban J connectivity index is 1.67. The van der Waals surface area contributed by atoms with Crippen LogP contribution in [0, 0.1) is 10.1 Å². The van der Waals surface area contributed by atoms with Gasteiger partial charge in [0, 0.05) is 31.1 Å². The summed E-state index contributed by atoms with van der Waals surface area (Å²) >= 11 is 6.05. The standard InChI is InChI=1S/C16H13ClN4O2/c17-15-10-14(21(22)23)6-7-16(15)18-11-12-2-4-13(5-3-12)20-9-1-8-19-20/h1-10,18H,11H2. The fourth-order valence-electron chi connectivity index (χ4n) is 2.15. The largest absolute Gasteiger partial charge is 0.380 e. The maximum atomic E-state index is 10.7. The Kier molecular flexibility index (Phi) is 4.25. The van der Waals surface area contributed by atoms with Crippen molar-refractivity contribution in [3.05, 3.63) is 81.6 Å². The van der Waals surface area contributed by atoms with E-state index in [1.807, 2.05) is 36.5 Å². The van der Waals surface area contributed by atoms with Crippen molar-refractivity contribution < 1.29 is 4.92 Å². The second-order valence-electron chi connectivity index (χ2n) is 4.89. The smallest absolute Gasteiger partial charge is 0.271 e. The first-order chi connectivity index (χ1) is 11.1. The molecule has 0 aliphatic heterocycles. The summed E-state index contributed by atoms with van der Waals surface area (Å²) in [5.41, 5.74) is 2.68. The summed E-state index contributed by atoms with van der Waals surface area (Å²) in [6.07, 6.45) is 3.61. The summed E-state index contributed by atoms with van der Waals surface area (Å²) in [5.74, 6) is 0. The van der Waals surface area contributed by atoms with Crippen molar-refractivity contribution in [1.29, 1.82) is 0 Å². The lowest BCUT2D eigenvalue weighted by Crippen LogP contribution is -2.01. The molecule has 0 aliphatic rings. The van der Waals surface area contributed by atoms with Crippen LogP contribution in [0.1, 0.15) is 5.56 Å². The van der Waals surface area contributed by atoms with Gasteiger partial charge in [-0.25, -0.2) is 4.68 Å². The molecule has 1 N–H and O–H groups in total. The van der Waals surface area contributed by atoms with Crippen LogP contribution in [0.15, 0.2) is 60.9 Å². The van der Waals surface area contributed by atoms with Gasteiger partial charge in [-0.3, -0.25) is 10.1 Å². The van der Waals surface area contributed by atoms with Gasteiger partial charge in [0.05, 0.1) is 21.3 Å². The number of hydrogen-bond acceptors (Lipinski definition) is 4. The first kappa shape index (κ1) is 15.1. The molecule has 0 saturated heterocycles. The van der Waals surface area contributed by atoms with Crippen molar-refractivity contribution in [1.82, 2.24) is 9.78 Å². The molecule has 0 saturated carbocycles. The van der Waals surface area contributed by atoms with Gasteiger partial charge >= 0.3 is 0 Å². The first-order valence-corrected chi connectivity index (χ1v) is 7.28. The number of nitrogens with one attached hydrogen (secondary N) is 1. The van der Waals surface area contributed by atoms with E-state index in [-0.39, 0.29) is 5.69 Å². The third kappa shape index (κ3) is 3.49. The molecular formula is C16H13ClN4O2. The predicted molar refractivity (Wildman–Crippen MR) is 89.0 cm³/mol. The number of non-ortho nitro benzene ring substituents is 1. The van der Waals surface area contributed by atoms with Crippen molar-refractivity contribution in [2.75, 3.05) is 5.32 Å². The second kappa shape index (κ2) is 6.50. The molecule has 1 aromatic heterocycles. The molecule has 2 aromatic carbocycles. The number of nitro groups is 1. The lowest BCUT2D eigenvalue weighted by atomic mass is 10.2. The molecule has 1 heterocycles. The molecule has 0 atom stereocenters. The van der Waals surface area contributed by atoms with Crippen LogP contribution in [0.4, 0.5) is 11.4 Å². The molecular weight excluding hydrogens is 316 g/mol. The highest BCUT2D eigenvalue weighted by Crippen LogP contribution is 2.27. The quantitative estimate of drug-likeness (QED) is 0.566. The normalized spacial score (nSPS) is 10.5. The number of aromatic nitrogens is 2. The minimum absolute atomic E-state index is 0.0240. The third-order valence-corrected chi connectivity index (χ3v) is 3.66. The summed E-state index contributed by atoms with van der Waals surface area (Å²) in [6, 6.07) is 14.2. The zero-order valence-electron chi connectivity index (χ0n) is 12.0. The Hall–Kier alpha value is -2.86. The highest BCUT2D eigenvalue weighted by molar-refractivity contribution is 6.33. The van der Waals surface area contributed by atoms with Gasteiger partial charge < -0.3 is 5.32 Å². The highest BCUT2D eigenvalue weighted by Gasteiger charge is 2.09. The topological polar surface area (TPSA) is 73.0 Å². The molecule has 23 heavy (non-hydrogen) atoms. The Morgan fingerprint density at radius 1 is 1.22 bits per heavy atom. The summed E-state index contributed by atoms with van der Waals surface area (Å²) in [5, 5.41) is 18.4. The van der Waals surface area contributed by atoms with Gasteiger partial charge in [0.15, 0.2) is 0 Å². The predicted octanol–water partition coefficient (Wildman–Crippen LogP) is 4.05. The fraction of sp³-hybridized carbons (Fsp3) is 0.0625. The second-order valence-corrected chi connectivity index (χ2v) is 5.30. The van der Waals surface area contributed by atoms with E-state index in [1.54, 1.807) is 16.9 Å². The third-order valence-electron chi connectivity index (χ3n) is 3.35. The van der Waals surface area contributed by atoms with Crippen LogP contribution in [0.2, 0.25) is 5.02 Å². The van der Waals surface area contributed by atoms with Crippen LogP contribution in [0.3, 0.4) is 0 Å². The SMILES string of the molecule is O=[N+]([O-])c1ccc(NCc2ccc(-n3cccn3)cc2)c(Cl)c1. The highest BCUT2D eigenvalue weighted by atomic mass is 35.5. The number of nitrogens with zero attached hydrogens (tertiary/aromatic N) is 3. The average Bonchev–Trinajstić information content (AvgIpc) is 3.08. The molecule has 0 unspecified atom stereocenters. The van der Waals surface area contributed by atoms with Gasteiger partial charge in [-0.2, -0.15) is 5.10 Å². The summed E-state index contributed by atoms with van der Waals surface area (Å²) < 4.78 is 1.78. The maximum absolute atomic E-state index is 10.7. The minimum Gasteiger partial charge on any atom is -0.380 e. The molecule has 3 rings (SSSR count). The molecule has 7 heteroatoms. The van der Waals surface area contributed by atoms with Crippen LogP contribution >= 0.6 is 11.6 Å². The monoisotopic (exact) mass is 328 g/mol. The van der Waals surface area contributed by atoms with Gasteiger partial charge in [-0.1, -0.05) is 23.7 Å². The molecule has 0 radical (unpaired) electrons. The van der Waals surface area contributed by atoms with Crippen molar-refractivity contribution >= 4 is 23.0 Å². The van der Waals surface area contributed by atoms with Crippen molar-refractivity contribution in [2.24, 2.45) is 0 Å². The molecule has 3 aromatic rings. The first-order valence-electron chi connectivity index (χ1n) is 6.90. The van der Waals surface area contributed by atoms with Gasteiger partial charge in [0.1, 0.15) is 0 Å². The maximum Gasteiger partial charge on any atom is 0.271 e. The van der Waals surface area contributed by atoms with Crippen molar-refractivity contribution in [2.45, 2.75) is 6.54 Å². The molecule has 0 aliphatic carbocycles. The summed E-state index contributed by atoms with van der Waals surface area (Å²) in [4.78, 5) is 10.2. The summed E-state index contributed by atoms with van der Waals surface area (Å²) in [7, 11) is 0. The number of nitro benzene ring substituents is 1. The van der Waals surface area contributed by atoms with Gasteiger partial charge in [0.25, 0.3) is 5.69 Å². The van der Waals surface area contributed by atoms with E-state index in [9.17, 15) is 10.1 Å². The van der Waals surface area contributed by atoms with E-state index in [0.29, 0.717) is 17.3 Å². The Labute approximate surface area is 137 Å². The number of rotatable bonds is 5. The lowest BCUT2D eigenvalue weighted by Gasteiger charge is -2.09. The number of anilines is 1. The van der Waals surface area contributed by atoms with E-state index in [1.165, 1.54) is 12.1 Å². The number of hydrogen-bond donors (Lipinski definition) is 1. The van der Waals surface area contributed by atoms with Gasteiger partial charge in [-0.05, 0) is 29.8 Å². The van der Waals surface area contributed by atoms with E-state index in [0.717, 1.165) is 11.3 Å². The van der Waals surface area contributed by atoms with Crippen LogP contribution in [-0.4, -0.2) is 14.7 Å². The molecule has 6 nitrogen and oxygen atoms in total. The lowest BCUT2D eigenvalue weighted by molar-refractivity contribution is -0.384. The Bertz CT molecular complexity index is 817. The van der Waals surface area contributed by atoms with E-state index in [2.05, 4.69) is 10.4 Å². The van der Waals surface area contributed by atoms with E-state index in [4.69, 9.17) is 11.6 Å². The molecule has 0 spiro atoms. The van der Waals surface area contributed by atoms with E-state index < -0.39 is 4.92 Å². The zero-order chi connectivity index (χ0) is 16.2. The van der Waals surface area contributed by atoms with Crippen LogP contribution in [0.5, 0.6) is 0 Å². The fourth-order valence-corrected chi connectivity index (χ4v) is 2.39. The van der Waals surface area contributed by atoms with Crippen LogP contribution in [-0.2, 0) is 6.54 Å².